The molecule has 138 valence electrons. The molecule has 26 heavy (non-hydrogen) atoms. The monoisotopic (exact) mass is 356 g/mol. The molecule has 0 aliphatic carbocycles. The van der Waals surface area contributed by atoms with Gasteiger partial charge in [-0.15, -0.1) is 0 Å². The Balaban J connectivity index is 1.89. The number of methoxy groups -OCH3 is 1. The van der Waals surface area contributed by atoms with E-state index in [9.17, 15) is 4.79 Å². The summed E-state index contributed by atoms with van der Waals surface area (Å²) in [4.78, 5) is 11.8. The summed E-state index contributed by atoms with van der Waals surface area (Å²) >= 11 is 0. The largest absolute Gasteiger partial charge is 0.493 e. The first-order valence-corrected chi connectivity index (χ1v) is 8.34. The minimum Gasteiger partial charge on any atom is -0.493 e. The molecule has 0 radical (unpaired) electrons. The van der Waals surface area contributed by atoms with E-state index < -0.39 is 0 Å². The molecule has 0 aromatic heterocycles. The summed E-state index contributed by atoms with van der Waals surface area (Å²) in [6.45, 7) is 5.71. The lowest BCUT2D eigenvalue weighted by Gasteiger charge is -2.13. The van der Waals surface area contributed by atoms with Gasteiger partial charge in [-0.3, -0.25) is 4.79 Å². The highest BCUT2D eigenvalue weighted by atomic mass is 16.5. The van der Waals surface area contributed by atoms with Crippen LogP contribution in [0.2, 0.25) is 0 Å². The van der Waals surface area contributed by atoms with Crippen LogP contribution in [0.3, 0.4) is 0 Å². The highest BCUT2D eigenvalue weighted by molar-refractivity contribution is 5.83. The highest BCUT2D eigenvalue weighted by Gasteiger charge is 2.07. The summed E-state index contributed by atoms with van der Waals surface area (Å²) in [5, 5.41) is 3.94. The molecule has 2 aromatic carbocycles. The zero-order valence-electron chi connectivity index (χ0n) is 15.5. The van der Waals surface area contributed by atoms with Crippen molar-refractivity contribution in [1.29, 1.82) is 0 Å². The molecule has 0 aliphatic rings. The molecule has 6 heteroatoms. The number of hydrogen-bond donors (Lipinski definition) is 1. The van der Waals surface area contributed by atoms with Crippen LogP contribution in [-0.2, 0) is 4.79 Å². The number of carbonyl (C=O) groups excluding carboxylic acids is 1. The highest BCUT2D eigenvalue weighted by Crippen LogP contribution is 2.28. The number of nitrogens with one attached hydrogen (secondary N) is 1. The molecule has 1 N–H and O–H groups in total. The Hall–Kier alpha value is -3.02. The van der Waals surface area contributed by atoms with Crippen molar-refractivity contribution in [1.82, 2.24) is 5.43 Å². The molecule has 0 saturated heterocycles. The van der Waals surface area contributed by atoms with E-state index in [-0.39, 0.29) is 18.6 Å². The molecule has 0 atom stereocenters. The number of benzene rings is 2. The number of ether oxygens (including phenoxy) is 3. The smallest absolute Gasteiger partial charge is 0.277 e. The molecule has 0 fully saturated rings. The lowest BCUT2D eigenvalue weighted by atomic mass is 10.2. The molecule has 0 aliphatic heterocycles. The number of rotatable bonds is 8. The third kappa shape index (κ3) is 5.81. The predicted molar refractivity (Wildman–Crippen MR) is 101 cm³/mol. The molecule has 1 amide bonds. The number of aryl methyl sites for hydroxylation is 1. The van der Waals surface area contributed by atoms with Crippen molar-refractivity contribution in [3.05, 3.63) is 53.6 Å². The maximum absolute atomic E-state index is 11.8. The molecular weight excluding hydrogens is 332 g/mol. The average molecular weight is 356 g/mol. The molecule has 0 heterocycles. The van der Waals surface area contributed by atoms with Crippen LogP contribution in [0.5, 0.6) is 17.2 Å². The van der Waals surface area contributed by atoms with Gasteiger partial charge in [0, 0.05) is 0 Å². The van der Waals surface area contributed by atoms with Gasteiger partial charge in [0.05, 0.1) is 19.4 Å². The van der Waals surface area contributed by atoms with Crippen LogP contribution in [0, 0.1) is 6.92 Å². The van der Waals surface area contributed by atoms with Gasteiger partial charge in [-0.1, -0.05) is 18.2 Å². The number of hydrazone groups is 1. The van der Waals surface area contributed by atoms with Crippen LogP contribution >= 0.6 is 0 Å². The van der Waals surface area contributed by atoms with Crippen molar-refractivity contribution in [2.45, 2.75) is 26.9 Å². The molecule has 6 nitrogen and oxygen atoms in total. The van der Waals surface area contributed by atoms with Crippen LogP contribution in [0.15, 0.2) is 47.6 Å². The zero-order chi connectivity index (χ0) is 18.9. The Bertz CT molecular complexity index is 772. The zero-order valence-corrected chi connectivity index (χ0v) is 15.5. The van der Waals surface area contributed by atoms with Gasteiger partial charge < -0.3 is 14.2 Å². The second-order valence-corrected chi connectivity index (χ2v) is 5.92. The number of amides is 1. The summed E-state index contributed by atoms with van der Waals surface area (Å²) in [6.07, 6.45) is 1.59. The lowest BCUT2D eigenvalue weighted by Crippen LogP contribution is -2.24. The summed E-state index contributed by atoms with van der Waals surface area (Å²) in [5.74, 6) is 1.61. The van der Waals surface area contributed by atoms with Gasteiger partial charge in [0.25, 0.3) is 5.91 Å². The quantitative estimate of drug-likeness (QED) is 0.582. The number of carbonyl (C=O) groups is 1. The van der Waals surface area contributed by atoms with Crippen LogP contribution in [0.4, 0.5) is 0 Å². The second kappa shape index (κ2) is 9.46. The van der Waals surface area contributed by atoms with Gasteiger partial charge in [-0.25, -0.2) is 5.43 Å². The standard InChI is InChI=1S/C20H24N2O4/c1-14(2)26-18-10-9-16(11-19(18)24-4)12-21-22-20(23)13-25-17-8-6-5-7-15(17)3/h5-12,14H,13H2,1-4H3,(H,22,23)/b21-12+. The van der Waals surface area contributed by atoms with Crippen molar-refractivity contribution in [2.24, 2.45) is 5.10 Å². The van der Waals surface area contributed by atoms with Crippen molar-refractivity contribution >= 4 is 12.1 Å². The molecule has 2 rings (SSSR count). The van der Waals surface area contributed by atoms with E-state index >= 15 is 0 Å². The van der Waals surface area contributed by atoms with Gasteiger partial charge in [0.15, 0.2) is 18.1 Å². The van der Waals surface area contributed by atoms with E-state index in [2.05, 4.69) is 10.5 Å². The molecule has 0 saturated carbocycles. The van der Waals surface area contributed by atoms with E-state index in [4.69, 9.17) is 14.2 Å². The topological polar surface area (TPSA) is 69.2 Å². The third-order valence-corrected chi connectivity index (χ3v) is 3.41. The minimum absolute atomic E-state index is 0.0518. The fourth-order valence-corrected chi connectivity index (χ4v) is 2.19. The fourth-order valence-electron chi connectivity index (χ4n) is 2.19. The van der Waals surface area contributed by atoms with Crippen LogP contribution in [0.1, 0.15) is 25.0 Å². The van der Waals surface area contributed by atoms with Gasteiger partial charge in [-0.2, -0.15) is 5.10 Å². The van der Waals surface area contributed by atoms with Gasteiger partial charge in [0.2, 0.25) is 0 Å². The summed E-state index contributed by atoms with van der Waals surface area (Å²) in [5.41, 5.74) is 4.19. The Kier molecular flexibility index (Phi) is 7.02. The normalized spacial score (nSPS) is 10.8. The third-order valence-electron chi connectivity index (χ3n) is 3.41. The Labute approximate surface area is 153 Å². The molecule has 0 spiro atoms. The molecular formula is C20H24N2O4. The van der Waals surface area contributed by atoms with E-state index in [0.717, 1.165) is 11.1 Å². The maximum atomic E-state index is 11.8. The molecule has 0 bridgehead atoms. The van der Waals surface area contributed by atoms with Crippen molar-refractivity contribution in [3.63, 3.8) is 0 Å². The first-order valence-electron chi connectivity index (χ1n) is 8.34. The van der Waals surface area contributed by atoms with Crippen molar-refractivity contribution in [3.8, 4) is 17.2 Å². The van der Waals surface area contributed by atoms with Crippen molar-refractivity contribution in [2.75, 3.05) is 13.7 Å². The summed E-state index contributed by atoms with van der Waals surface area (Å²) in [6, 6.07) is 12.9. The number of nitrogens with zero attached hydrogens (tertiary/aromatic N) is 1. The van der Waals surface area contributed by atoms with E-state index in [1.54, 1.807) is 13.2 Å². The first-order chi connectivity index (χ1) is 12.5. The van der Waals surface area contributed by atoms with Crippen LogP contribution in [0.25, 0.3) is 0 Å². The minimum atomic E-state index is -0.337. The second-order valence-electron chi connectivity index (χ2n) is 5.92. The van der Waals surface area contributed by atoms with Gasteiger partial charge >= 0.3 is 0 Å². The molecule has 2 aromatic rings. The average Bonchev–Trinajstić information content (AvgIpc) is 2.61. The molecule has 0 unspecified atom stereocenters. The predicted octanol–water partition coefficient (Wildman–Crippen LogP) is 3.32. The maximum Gasteiger partial charge on any atom is 0.277 e. The van der Waals surface area contributed by atoms with E-state index in [1.165, 1.54) is 6.21 Å². The van der Waals surface area contributed by atoms with E-state index in [1.807, 2.05) is 57.2 Å². The number of hydrogen-bond acceptors (Lipinski definition) is 5. The Morgan fingerprint density at radius 3 is 2.62 bits per heavy atom. The Morgan fingerprint density at radius 2 is 1.92 bits per heavy atom. The van der Waals surface area contributed by atoms with Gasteiger partial charge in [0.1, 0.15) is 5.75 Å². The summed E-state index contributed by atoms with van der Waals surface area (Å²) < 4.78 is 16.4. The van der Waals surface area contributed by atoms with Crippen molar-refractivity contribution < 1.29 is 19.0 Å². The number of para-hydroxylation sites is 1. The lowest BCUT2D eigenvalue weighted by molar-refractivity contribution is -0.123. The Morgan fingerprint density at radius 1 is 1.15 bits per heavy atom. The summed E-state index contributed by atoms with van der Waals surface area (Å²) in [7, 11) is 1.58. The fraction of sp³-hybridized carbons (Fsp3) is 0.300. The van der Waals surface area contributed by atoms with Crippen LogP contribution in [-0.4, -0.2) is 31.9 Å². The first kappa shape index (κ1) is 19.3. The van der Waals surface area contributed by atoms with Crippen LogP contribution < -0.4 is 19.6 Å². The van der Waals surface area contributed by atoms with E-state index in [0.29, 0.717) is 17.2 Å². The van der Waals surface area contributed by atoms with Gasteiger partial charge in [-0.05, 0) is 56.2 Å². The SMILES string of the molecule is COc1cc(/C=N/NC(=O)COc2ccccc2C)ccc1OC(C)C.